The van der Waals surface area contributed by atoms with E-state index in [-0.39, 0.29) is 17.5 Å². The third-order valence-corrected chi connectivity index (χ3v) is 7.16. The molecule has 1 aromatic carbocycles. The van der Waals surface area contributed by atoms with Crippen LogP contribution in [0.3, 0.4) is 0 Å². The van der Waals surface area contributed by atoms with Gasteiger partial charge in [0.25, 0.3) is 5.56 Å². The van der Waals surface area contributed by atoms with Crippen molar-refractivity contribution in [2.75, 3.05) is 18.8 Å². The molecule has 1 atom stereocenters. The fraction of sp³-hybridized carbons (Fsp3) is 0.500. The molecule has 6 heteroatoms. The van der Waals surface area contributed by atoms with Gasteiger partial charge in [0.05, 0.1) is 6.04 Å². The van der Waals surface area contributed by atoms with Crippen LogP contribution in [0.1, 0.15) is 42.1 Å². The number of rotatable bonds is 4. The molecule has 0 bridgehead atoms. The van der Waals surface area contributed by atoms with Crippen LogP contribution in [-0.4, -0.2) is 39.2 Å². The number of amides is 1. The molecule has 0 saturated carbocycles. The van der Waals surface area contributed by atoms with Gasteiger partial charge in [0, 0.05) is 36.5 Å². The topological polar surface area (TPSA) is 55.2 Å². The minimum Gasteiger partial charge on any atom is -0.343 e. The van der Waals surface area contributed by atoms with Gasteiger partial charge in [0.2, 0.25) is 5.91 Å². The summed E-state index contributed by atoms with van der Waals surface area (Å²) in [6, 6.07) is 10.5. The van der Waals surface area contributed by atoms with Crippen molar-refractivity contribution in [1.82, 2.24) is 14.5 Å². The van der Waals surface area contributed by atoms with E-state index in [0.717, 1.165) is 49.0 Å². The molecular formula is C22H27N3O2S. The SMILES string of the molecule is Cc1nc2n(c(=O)c1C)C(CC(=O)N1CCC(Cc3ccccc3)CC1)CS2. The van der Waals surface area contributed by atoms with Crippen LogP contribution in [0.4, 0.5) is 0 Å². The first-order chi connectivity index (χ1) is 13.5. The molecule has 5 nitrogen and oxygen atoms in total. The fourth-order valence-corrected chi connectivity index (χ4v) is 5.37. The summed E-state index contributed by atoms with van der Waals surface area (Å²) in [6.07, 6.45) is 3.59. The smallest absolute Gasteiger partial charge is 0.257 e. The summed E-state index contributed by atoms with van der Waals surface area (Å²) in [5, 5.41) is 0.757. The van der Waals surface area contributed by atoms with E-state index < -0.39 is 0 Å². The van der Waals surface area contributed by atoms with Crippen molar-refractivity contribution in [2.24, 2.45) is 5.92 Å². The van der Waals surface area contributed by atoms with Crippen LogP contribution in [0.15, 0.2) is 40.3 Å². The van der Waals surface area contributed by atoms with Crippen molar-refractivity contribution in [3.05, 3.63) is 57.5 Å². The number of aromatic nitrogens is 2. The lowest BCUT2D eigenvalue weighted by Gasteiger charge is -2.33. The Balaban J connectivity index is 1.35. The largest absolute Gasteiger partial charge is 0.343 e. The molecule has 0 spiro atoms. The minimum absolute atomic E-state index is 0.00636. The van der Waals surface area contributed by atoms with Gasteiger partial charge in [-0.2, -0.15) is 0 Å². The molecule has 1 saturated heterocycles. The normalized spacial score (nSPS) is 19.6. The van der Waals surface area contributed by atoms with Gasteiger partial charge in [-0.25, -0.2) is 4.98 Å². The van der Waals surface area contributed by atoms with Crippen molar-refractivity contribution in [3.63, 3.8) is 0 Å². The zero-order chi connectivity index (χ0) is 19.7. The van der Waals surface area contributed by atoms with Gasteiger partial charge in [-0.1, -0.05) is 42.1 Å². The van der Waals surface area contributed by atoms with Crippen molar-refractivity contribution in [3.8, 4) is 0 Å². The maximum absolute atomic E-state index is 12.9. The average Bonchev–Trinajstić information content (AvgIpc) is 3.10. The van der Waals surface area contributed by atoms with E-state index >= 15 is 0 Å². The Bertz CT molecular complexity index is 917. The Hall–Kier alpha value is -2.08. The highest BCUT2D eigenvalue weighted by Crippen LogP contribution is 2.33. The Labute approximate surface area is 170 Å². The lowest BCUT2D eigenvalue weighted by molar-refractivity contribution is -0.133. The highest BCUT2D eigenvalue weighted by Gasteiger charge is 2.31. The number of hydrogen-bond donors (Lipinski definition) is 0. The number of carbonyl (C=O) groups excluding carboxylic acids is 1. The van der Waals surface area contributed by atoms with Crippen molar-refractivity contribution in [2.45, 2.75) is 50.7 Å². The second-order valence-electron chi connectivity index (χ2n) is 7.96. The Morgan fingerprint density at radius 2 is 1.89 bits per heavy atom. The summed E-state index contributed by atoms with van der Waals surface area (Å²) in [6.45, 7) is 5.33. The molecule has 2 aliphatic heterocycles. The summed E-state index contributed by atoms with van der Waals surface area (Å²) in [7, 11) is 0. The summed E-state index contributed by atoms with van der Waals surface area (Å²) in [5.41, 5.74) is 2.86. The molecule has 1 unspecified atom stereocenters. The quantitative estimate of drug-likeness (QED) is 0.742. The Kier molecular flexibility index (Phi) is 5.58. The summed E-state index contributed by atoms with van der Waals surface area (Å²) in [5.74, 6) is 1.56. The van der Waals surface area contributed by atoms with Crippen molar-refractivity contribution >= 4 is 17.7 Å². The zero-order valence-electron chi connectivity index (χ0n) is 16.6. The van der Waals surface area contributed by atoms with Crippen molar-refractivity contribution < 1.29 is 4.79 Å². The third-order valence-electron chi connectivity index (χ3n) is 6.07. The molecule has 3 heterocycles. The van der Waals surface area contributed by atoms with Crippen LogP contribution in [-0.2, 0) is 11.2 Å². The number of piperidine rings is 1. The first kappa shape index (κ1) is 19.2. The van der Waals surface area contributed by atoms with Crippen LogP contribution >= 0.6 is 11.8 Å². The van der Waals surface area contributed by atoms with Gasteiger partial charge in [-0.15, -0.1) is 0 Å². The molecule has 1 aromatic heterocycles. The highest BCUT2D eigenvalue weighted by molar-refractivity contribution is 7.99. The maximum Gasteiger partial charge on any atom is 0.257 e. The van der Waals surface area contributed by atoms with Gasteiger partial charge in [-0.3, -0.25) is 14.2 Å². The summed E-state index contributed by atoms with van der Waals surface area (Å²) < 4.78 is 1.74. The number of thioether (sulfide) groups is 1. The molecule has 0 radical (unpaired) electrons. The van der Waals surface area contributed by atoms with E-state index in [1.807, 2.05) is 24.8 Å². The van der Waals surface area contributed by atoms with E-state index in [1.165, 1.54) is 5.56 Å². The number of hydrogen-bond acceptors (Lipinski definition) is 4. The Morgan fingerprint density at radius 1 is 1.18 bits per heavy atom. The number of aryl methyl sites for hydroxylation is 1. The van der Waals surface area contributed by atoms with Crippen LogP contribution in [0.5, 0.6) is 0 Å². The third kappa shape index (κ3) is 3.88. The number of fused-ring (bicyclic) bond motifs is 1. The molecule has 0 N–H and O–H groups in total. The van der Waals surface area contributed by atoms with Crippen LogP contribution in [0, 0.1) is 19.8 Å². The van der Waals surface area contributed by atoms with E-state index in [4.69, 9.17) is 0 Å². The van der Waals surface area contributed by atoms with Crippen LogP contribution in [0.25, 0.3) is 0 Å². The lowest BCUT2D eigenvalue weighted by Crippen LogP contribution is -2.40. The van der Waals surface area contributed by atoms with Gasteiger partial charge in [0.1, 0.15) is 0 Å². The van der Waals surface area contributed by atoms with Crippen LogP contribution < -0.4 is 5.56 Å². The minimum atomic E-state index is -0.0751. The van der Waals surface area contributed by atoms with Gasteiger partial charge in [0.15, 0.2) is 5.16 Å². The number of benzene rings is 1. The first-order valence-corrected chi connectivity index (χ1v) is 11.1. The van der Waals surface area contributed by atoms with E-state index in [9.17, 15) is 9.59 Å². The molecule has 2 aromatic rings. The molecule has 28 heavy (non-hydrogen) atoms. The summed E-state index contributed by atoms with van der Waals surface area (Å²) in [4.78, 5) is 32.0. The van der Waals surface area contributed by atoms with Gasteiger partial charge in [-0.05, 0) is 44.6 Å². The molecule has 4 rings (SSSR count). The average molecular weight is 398 g/mol. The zero-order valence-corrected chi connectivity index (χ0v) is 17.4. The summed E-state index contributed by atoms with van der Waals surface area (Å²) >= 11 is 1.58. The first-order valence-electron chi connectivity index (χ1n) is 10.1. The maximum atomic E-state index is 12.9. The number of carbonyl (C=O) groups is 1. The molecule has 0 aliphatic carbocycles. The second-order valence-corrected chi connectivity index (χ2v) is 8.95. The number of likely N-dealkylation sites (tertiary alicyclic amines) is 1. The standard InChI is InChI=1S/C22H27N3O2S/c1-15-16(2)23-22-25(21(15)27)19(14-28-22)13-20(26)24-10-8-18(9-11-24)12-17-6-4-3-5-7-17/h3-7,18-19H,8-14H2,1-2H3. The van der Waals surface area contributed by atoms with Crippen molar-refractivity contribution in [1.29, 1.82) is 0 Å². The Morgan fingerprint density at radius 3 is 2.61 bits per heavy atom. The van der Waals surface area contributed by atoms with E-state index in [2.05, 4.69) is 29.2 Å². The monoisotopic (exact) mass is 397 g/mol. The molecule has 148 valence electrons. The van der Waals surface area contributed by atoms with Gasteiger partial charge >= 0.3 is 0 Å². The van der Waals surface area contributed by atoms with Crippen LogP contribution in [0.2, 0.25) is 0 Å². The lowest BCUT2D eigenvalue weighted by atomic mass is 9.90. The molecule has 1 fully saturated rings. The second kappa shape index (κ2) is 8.11. The molecule has 1 amide bonds. The molecular weight excluding hydrogens is 370 g/mol. The predicted octanol–water partition coefficient (Wildman–Crippen LogP) is 3.38. The predicted molar refractivity (Wildman–Crippen MR) is 112 cm³/mol. The van der Waals surface area contributed by atoms with E-state index in [0.29, 0.717) is 17.9 Å². The van der Waals surface area contributed by atoms with E-state index in [1.54, 1.807) is 16.3 Å². The fourth-order valence-electron chi connectivity index (χ4n) is 4.19. The highest BCUT2D eigenvalue weighted by atomic mass is 32.2. The van der Waals surface area contributed by atoms with Gasteiger partial charge < -0.3 is 4.90 Å². The number of nitrogens with zero attached hydrogens (tertiary/aromatic N) is 3. The molecule has 2 aliphatic rings.